The SMILES string of the molecule is Cc1c(-c2cccc(F)c2)sc(N)c1C(=O)C(C)(C)C. The number of hydrogen-bond donors (Lipinski definition) is 1. The molecular formula is C16H18FNOS. The summed E-state index contributed by atoms with van der Waals surface area (Å²) in [6.45, 7) is 7.47. The van der Waals surface area contributed by atoms with Crippen LogP contribution in [0.25, 0.3) is 10.4 Å². The fraction of sp³-hybridized carbons (Fsp3) is 0.312. The molecule has 0 radical (unpaired) electrons. The molecule has 1 aromatic carbocycles. The zero-order chi connectivity index (χ0) is 15.1. The standard InChI is InChI=1S/C16H18FNOS/c1-9-12(14(19)16(2,3)4)15(18)20-13(9)10-6-5-7-11(17)8-10/h5-8H,18H2,1-4H3. The Morgan fingerprint density at radius 2 is 1.95 bits per heavy atom. The van der Waals surface area contributed by atoms with Gasteiger partial charge in [0.25, 0.3) is 0 Å². The molecule has 0 bridgehead atoms. The van der Waals surface area contributed by atoms with Gasteiger partial charge in [0.05, 0.1) is 10.6 Å². The molecule has 106 valence electrons. The van der Waals surface area contributed by atoms with E-state index < -0.39 is 5.41 Å². The molecular weight excluding hydrogens is 273 g/mol. The molecule has 2 N–H and O–H groups in total. The van der Waals surface area contributed by atoms with Crippen molar-refractivity contribution < 1.29 is 9.18 Å². The fourth-order valence-electron chi connectivity index (χ4n) is 2.10. The van der Waals surface area contributed by atoms with Crippen molar-refractivity contribution in [3.8, 4) is 10.4 Å². The van der Waals surface area contributed by atoms with Gasteiger partial charge in [-0.05, 0) is 30.2 Å². The van der Waals surface area contributed by atoms with E-state index in [-0.39, 0.29) is 11.6 Å². The minimum atomic E-state index is -0.487. The first-order valence-corrected chi connectivity index (χ1v) is 7.23. The van der Waals surface area contributed by atoms with Crippen LogP contribution in [0.5, 0.6) is 0 Å². The van der Waals surface area contributed by atoms with Gasteiger partial charge in [0.2, 0.25) is 0 Å². The largest absolute Gasteiger partial charge is 0.390 e. The maximum atomic E-state index is 13.3. The van der Waals surface area contributed by atoms with Gasteiger partial charge in [-0.1, -0.05) is 32.9 Å². The lowest BCUT2D eigenvalue weighted by Gasteiger charge is -2.17. The number of rotatable bonds is 2. The second kappa shape index (κ2) is 5.02. The Kier molecular flexibility index (Phi) is 3.69. The molecule has 0 saturated heterocycles. The van der Waals surface area contributed by atoms with Gasteiger partial charge in [0, 0.05) is 10.3 Å². The summed E-state index contributed by atoms with van der Waals surface area (Å²) in [7, 11) is 0. The van der Waals surface area contributed by atoms with Gasteiger partial charge in [0.15, 0.2) is 5.78 Å². The van der Waals surface area contributed by atoms with Gasteiger partial charge in [0.1, 0.15) is 5.82 Å². The van der Waals surface area contributed by atoms with E-state index in [0.29, 0.717) is 10.6 Å². The molecule has 4 heteroatoms. The molecule has 0 amide bonds. The zero-order valence-electron chi connectivity index (χ0n) is 12.1. The zero-order valence-corrected chi connectivity index (χ0v) is 12.9. The smallest absolute Gasteiger partial charge is 0.171 e. The van der Waals surface area contributed by atoms with Crippen LogP contribution >= 0.6 is 11.3 Å². The normalized spacial score (nSPS) is 11.7. The number of ketones is 1. The lowest BCUT2D eigenvalue weighted by molar-refractivity contribution is 0.0859. The van der Waals surface area contributed by atoms with Gasteiger partial charge < -0.3 is 5.73 Å². The van der Waals surface area contributed by atoms with Crippen LogP contribution in [0.3, 0.4) is 0 Å². The minimum Gasteiger partial charge on any atom is -0.390 e. The molecule has 0 aliphatic rings. The van der Waals surface area contributed by atoms with Crippen LogP contribution in [0.1, 0.15) is 36.7 Å². The Labute approximate surface area is 122 Å². The summed E-state index contributed by atoms with van der Waals surface area (Å²) in [5.41, 5.74) is 7.69. The number of carbonyl (C=O) groups excluding carboxylic acids is 1. The lowest BCUT2D eigenvalue weighted by Crippen LogP contribution is -2.21. The number of benzene rings is 1. The first-order chi connectivity index (χ1) is 9.21. The first kappa shape index (κ1) is 14.7. The molecule has 0 saturated carbocycles. The number of thiophene rings is 1. The molecule has 2 nitrogen and oxygen atoms in total. The van der Waals surface area contributed by atoms with Gasteiger partial charge in [-0.2, -0.15) is 0 Å². The molecule has 0 spiro atoms. The average Bonchev–Trinajstić information content (AvgIpc) is 2.63. The third kappa shape index (κ3) is 2.61. The minimum absolute atomic E-state index is 0.0198. The second-order valence-corrected chi connectivity index (χ2v) is 6.94. The summed E-state index contributed by atoms with van der Waals surface area (Å²) in [6.07, 6.45) is 0. The Morgan fingerprint density at radius 1 is 1.30 bits per heavy atom. The summed E-state index contributed by atoms with van der Waals surface area (Å²) in [5.74, 6) is -0.274. The van der Waals surface area contributed by atoms with Gasteiger partial charge in [-0.3, -0.25) is 4.79 Å². The first-order valence-electron chi connectivity index (χ1n) is 6.41. The maximum Gasteiger partial charge on any atom is 0.171 e. The van der Waals surface area contributed by atoms with Crippen molar-refractivity contribution in [3.05, 3.63) is 41.2 Å². The molecule has 0 aliphatic heterocycles. The topological polar surface area (TPSA) is 43.1 Å². The summed E-state index contributed by atoms with van der Waals surface area (Å²) in [6, 6.07) is 6.35. The van der Waals surface area contributed by atoms with E-state index in [9.17, 15) is 9.18 Å². The van der Waals surface area contributed by atoms with Gasteiger partial charge >= 0.3 is 0 Å². The van der Waals surface area contributed by atoms with Crippen LogP contribution in [0.2, 0.25) is 0 Å². The molecule has 1 aromatic heterocycles. The third-order valence-corrected chi connectivity index (χ3v) is 4.34. The number of halogens is 1. The van der Waals surface area contributed by atoms with Crippen LogP contribution in [-0.4, -0.2) is 5.78 Å². The van der Waals surface area contributed by atoms with E-state index in [4.69, 9.17) is 5.73 Å². The number of nitrogen functional groups attached to an aromatic ring is 1. The van der Waals surface area contributed by atoms with Crippen molar-refractivity contribution in [2.45, 2.75) is 27.7 Å². The quantitative estimate of drug-likeness (QED) is 0.817. The van der Waals surface area contributed by atoms with E-state index in [0.717, 1.165) is 16.0 Å². The number of nitrogens with two attached hydrogens (primary N) is 1. The Balaban J connectivity index is 2.58. The van der Waals surface area contributed by atoms with Crippen molar-refractivity contribution >= 4 is 22.1 Å². The Hall–Kier alpha value is -1.68. The van der Waals surface area contributed by atoms with Crippen LogP contribution in [0.15, 0.2) is 24.3 Å². The Bertz CT molecular complexity index is 668. The van der Waals surface area contributed by atoms with Crippen LogP contribution in [-0.2, 0) is 0 Å². The summed E-state index contributed by atoms with van der Waals surface area (Å²) in [5, 5.41) is 0.502. The lowest BCUT2D eigenvalue weighted by atomic mass is 9.85. The molecule has 0 aliphatic carbocycles. The highest BCUT2D eigenvalue weighted by atomic mass is 32.1. The third-order valence-electron chi connectivity index (χ3n) is 3.17. The van der Waals surface area contributed by atoms with Crippen molar-refractivity contribution in [1.29, 1.82) is 0 Å². The molecule has 2 rings (SSSR count). The Morgan fingerprint density at radius 3 is 2.50 bits per heavy atom. The molecule has 0 atom stereocenters. The van der Waals surface area contributed by atoms with E-state index in [1.54, 1.807) is 6.07 Å². The summed E-state index contributed by atoms with van der Waals surface area (Å²) < 4.78 is 13.3. The summed E-state index contributed by atoms with van der Waals surface area (Å²) >= 11 is 1.34. The highest BCUT2D eigenvalue weighted by Crippen LogP contribution is 2.40. The monoisotopic (exact) mass is 291 g/mol. The maximum absolute atomic E-state index is 13.3. The average molecular weight is 291 g/mol. The molecule has 2 aromatic rings. The number of carbonyl (C=O) groups is 1. The van der Waals surface area contributed by atoms with Crippen LogP contribution in [0.4, 0.5) is 9.39 Å². The second-order valence-electron chi connectivity index (χ2n) is 5.88. The highest BCUT2D eigenvalue weighted by molar-refractivity contribution is 7.19. The van der Waals surface area contributed by atoms with Crippen molar-refractivity contribution in [2.24, 2.45) is 5.41 Å². The number of Topliss-reactive ketones (excluding diaryl/α,β-unsaturated/α-hetero) is 1. The van der Waals surface area contributed by atoms with Crippen molar-refractivity contribution in [3.63, 3.8) is 0 Å². The van der Waals surface area contributed by atoms with Gasteiger partial charge in [-0.25, -0.2) is 4.39 Å². The van der Waals surface area contributed by atoms with E-state index in [1.165, 1.54) is 23.5 Å². The van der Waals surface area contributed by atoms with E-state index in [1.807, 2.05) is 33.8 Å². The number of anilines is 1. The highest BCUT2D eigenvalue weighted by Gasteiger charge is 2.29. The predicted octanol–water partition coefficient (Wildman–Crippen LogP) is 4.67. The molecule has 1 heterocycles. The van der Waals surface area contributed by atoms with Gasteiger partial charge in [-0.15, -0.1) is 11.3 Å². The van der Waals surface area contributed by atoms with E-state index >= 15 is 0 Å². The summed E-state index contributed by atoms with van der Waals surface area (Å²) in [4.78, 5) is 13.3. The molecule has 0 unspecified atom stereocenters. The fourth-order valence-corrected chi connectivity index (χ4v) is 3.17. The van der Waals surface area contributed by atoms with Crippen LogP contribution in [0, 0.1) is 18.2 Å². The molecule has 20 heavy (non-hydrogen) atoms. The van der Waals surface area contributed by atoms with Crippen LogP contribution < -0.4 is 5.73 Å². The van der Waals surface area contributed by atoms with Crippen molar-refractivity contribution in [1.82, 2.24) is 0 Å². The van der Waals surface area contributed by atoms with E-state index in [2.05, 4.69) is 0 Å². The number of hydrogen-bond acceptors (Lipinski definition) is 3. The van der Waals surface area contributed by atoms with Crippen molar-refractivity contribution in [2.75, 3.05) is 5.73 Å². The molecule has 0 fully saturated rings. The predicted molar refractivity (Wildman–Crippen MR) is 82.6 cm³/mol.